The highest BCUT2D eigenvalue weighted by molar-refractivity contribution is 5.42. The first kappa shape index (κ1) is 10.4. The van der Waals surface area contributed by atoms with Crippen molar-refractivity contribution in [3.8, 4) is 0 Å². The summed E-state index contributed by atoms with van der Waals surface area (Å²) in [4.78, 5) is 6.77. The van der Waals surface area contributed by atoms with Crippen LogP contribution >= 0.6 is 0 Å². The molecule has 15 heavy (non-hydrogen) atoms. The highest BCUT2D eigenvalue weighted by Gasteiger charge is 2.12. The molecule has 1 unspecified atom stereocenters. The zero-order valence-corrected chi connectivity index (χ0v) is 9.32. The van der Waals surface area contributed by atoms with Crippen molar-refractivity contribution in [3.05, 3.63) is 23.9 Å². The van der Waals surface area contributed by atoms with E-state index in [1.54, 1.807) is 0 Å². The Bertz CT molecular complexity index is 316. The Labute approximate surface area is 91.3 Å². The number of hydrogen-bond acceptors (Lipinski definition) is 3. The summed E-state index contributed by atoms with van der Waals surface area (Å²) in [5.41, 5.74) is 7.04. The lowest BCUT2D eigenvalue weighted by atomic mass is 10.1. The maximum atomic E-state index is 5.87. The van der Waals surface area contributed by atoms with Gasteiger partial charge >= 0.3 is 0 Å². The van der Waals surface area contributed by atoms with Crippen LogP contribution < -0.4 is 10.6 Å². The van der Waals surface area contributed by atoms with Gasteiger partial charge in [0.05, 0.1) is 0 Å². The first-order valence-electron chi connectivity index (χ1n) is 5.74. The summed E-state index contributed by atoms with van der Waals surface area (Å²) in [6.07, 6.45) is 5.78. The maximum absolute atomic E-state index is 5.87. The van der Waals surface area contributed by atoms with Crippen LogP contribution in [-0.4, -0.2) is 18.1 Å². The molecular formula is C12H19N3. The van der Waals surface area contributed by atoms with Crippen LogP contribution in [0.15, 0.2) is 18.3 Å². The topological polar surface area (TPSA) is 42.1 Å². The number of aromatic nitrogens is 1. The molecule has 0 aliphatic carbocycles. The van der Waals surface area contributed by atoms with Gasteiger partial charge in [0.15, 0.2) is 0 Å². The lowest BCUT2D eigenvalue weighted by Gasteiger charge is -2.28. The second kappa shape index (κ2) is 4.62. The number of pyridine rings is 1. The van der Waals surface area contributed by atoms with Crippen molar-refractivity contribution in [1.82, 2.24) is 4.98 Å². The van der Waals surface area contributed by atoms with Gasteiger partial charge in [-0.3, -0.25) is 0 Å². The van der Waals surface area contributed by atoms with Crippen LogP contribution in [-0.2, 0) is 0 Å². The van der Waals surface area contributed by atoms with Crippen LogP contribution in [0.1, 0.15) is 37.8 Å². The van der Waals surface area contributed by atoms with Crippen LogP contribution in [0.4, 0.5) is 5.82 Å². The molecule has 0 saturated carbocycles. The van der Waals surface area contributed by atoms with Gasteiger partial charge in [0.1, 0.15) is 5.82 Å². The van der Waals surface area contributed by atoms with Crippen molar-refractivity contribution in [2.45, 2.75) is 32.2 Å². The Kier molecular flexibility index (Phi) is 3.21. The molecule has 0 aromatic carbocycles. The number of nitrogens with zero attached hydrogens (tertiary/aromatic N) is 2. The SMILES string of the molecule is CC(N)c1ccnc(N2CCCCC2)c1. The Morgan fingerprint density at radius 2 is 2.07 bits per heavy atom. The van der Waals surface area contributed by atoms with Gasteiger partial charge in [0.25, 0.3) is 0 Å². The average molecular weight is 205 g/mol. The van der Waals surface area contributed by atoms with E-state index in [2.05, 4.69) is 16.0 Å². The number of piperidine rings is 1. The molecule has 1 saturated heterocycles. The van der Waals surface area contributed by atoms with Gasteiger partial charge in [-0.05, 0) is 43.9 Å². The highest BCUT2D eigenvalue weighted by Crippen LogP contribution is 2.20. The molecule has 1 aromatic heterocycles. The molecular weight excluding hydrogens is 186 g/mol. The van der Waals surface area contributed by atoms with Gasteiger partial charge in [0, 0.05) is 25.3 Å². The zero-order valence-electron chi connectivity index (χ0n) is 9.32. The summed E-state index contributed by atoms with van der Waals surface area (Å²) in [7, 11) is 0. The van der Waals surface area contributed by atoms with E-state index in [-0.39, 0.29) is 6.04 Å². The summed E-state index contributed by atoms with van der Waals surface area (Å²) in [5, 5.41) is 0. The molecule has 1 fully saturated rings. The minimum absolute atomic E-state index is 0.0940. The lowest BCUT2D eigenvalue weighted by Crippen LogP contribution is -2.30. The third-order valence-electron chi connectivity index (χ3n) is 2.98. The molecule has 1 atom stereocenters. The van der Waals surface area contributed by atoms with Gasteiger partial charge < -0.3 is 10.6 Å². The molecule has 0 radical (unpaired) electrons. The Morgan fingerprint density at radius 3 is 2.73 bits per heavy atom. The van der Waals surface area contributed by atoms with E-state index in [9.17, 15) is 0 Å². The van der Waals surface area contributed by atoms with E-state index < -0.39 is 0 Å². The first-order valence-corrected chi connectivity index (χ1v) is 5.74. The molecule has 3 heteroatoms. The average Bonchev–Trinajstić information content (AvgIpc) is 2.30. The fourth-order valence-electron chi connectivity index (χ4n) is 2.01. The van der Waals surface area contributed by atoms with Gasteiger partial charge in [-0.25, -0.2) is 4.98 Å². The quantitative estimate of drug-likeness (QED) is 0.804. The van der Waals surface area contributed by atoms with Gasteiger partial charge in [0.2, 0.25) is 0 Å². The second-order valence-electron chi connectivity index (χ2n) is 4.28. The van der Waals surface area contributed by atoms with Crippen LogP contribution in [0.2, 0.25) is 0 Å². The van der Waals surface area contributed by atoms with E-state index >= 15 is 0 Å². The van der Waals surface area contributed by atoms with E-state index in [0.29, 0.717) is 0 Å². The lowest BCUT2D eigenvalue weighted by molar-refractivity contribution is 0.573. The van der Waals surface area contributed by atoms with Gasteiger partial charge in [-0.2, -0.15) is 0 Å². The minimum Gasteiger partial charge on any atom is -0.357 e. The number of rotatable bonds is 2. The Balaban J connectivity index is 2.16. The standard InChI is InChI=1S/C12H19N3/c1-10(13)11-5-6-14-12(9-11)15-7-3-2-4-8-15/h5-6,9-10H,2-4,7-8,13H2,1H3. The molecule has 2 rings (SSSR count). The van der Waals surface area contributed by atoms with Gasteiger partial charge in [-0.1, -0.05) is 0 Å². The third-order valence-corrected chi connectivity index (χ3v) is 2.98. The molecule has 3 nitrogen and oxygen atoms in total. The van der Waals surface area contributed by atoms with Gasteiger partial charge in [-0.15, -0.1) is 0 Å². The number of hydrogen-bond donors (Lipinski definition) is 1. The monoisotopic (exact) mass is 205 g/mol. The molecule has 1 aromatic rings. The summed E-state index contributed by atoms with van der Waals surface area (Å²) < 4.78 is 0. The molecule has 2 heterocycles. The number of nitrogens with two attached hydrogens (primary N) is 1. The number of anilines is 1. The summed E-state index contributed by atoms with van der Waals surface area (Å²) in [5.74, 6) is 1.09. The van der Waals surface area contributed by atoms with Crippen molar-refractivity contribution in [2.24, 2.45) is 5.73 Å². The molecule has 1 aliphatic rings. The Hall–Kier alpha value is -1.09. The molecule has 0 spiro atoms. The zero-order chi connectivity index (χ0) is 10.7. The molecule has 0 bridgehead atoms. The summed E-state index contributed by atoms with van der Waals surface area (Å²) in [6.45, 7) is 4.28. The van der Waals surface area contributed by atoms with Crippen molar-refractivity contribution in [3.63, 3.8) is 0 Å². The molecule has 0 amide bonds. The predicted molar refractivity (Wildman–Crippen MR) is 62.9 cm³/mol. The molecule has 1 aliphatic heterocycles. The first-order chi connectivity index (χ1) is 7.27. The summed E-state index contributed by atoms with van der Waals surface area (Å²) >= 11 is 0. The van der Waals surface area contributed by atoms with Crippen LogP contribution in [0.5, 0.6) is 0 Å². The minimum atomic E-state index is 0.0940. The smallest absolute Gasteiger partial charge is 0.128 e. The second-order valence-corrected chi connectivity index (χ2v) is 4.28. The maximum Gasteiger partial charge on any atom is 0.128 e. The third kappa shape index (κ3) is 2.48. The van der Waals surface area contributed by atoms with E-state index in [4.69, 9.17) is 5.73 Å². The molecule has 2 N–H and O–H groups in total. The summed E-state index contributed by atoms with van der Waals surface area (Å²) in [6, 6.07) is 4.21. The van der Waals surface area contributed by atoms with Crippen molar-refractivity contribution < 1.29 is 0 Å². The van der Waals surface area contributed by atoms with Crippen molar-refractivity contribution >= 4 is 5.82 Å². The van der Waals surface area contributed by atoms with Crippen LogP contribution in [0, 0.1) is 0 Å². The van der Waals surface area contributed by atoms with E-state index in [1.165, 1.54) is 24.8 Å². The fraction of sp³-hybridized carbons (Fsp3) is 0.583. The largest absolute Gasteiger partial charge is 0.357 e. The fourth-order valence-corrected chi connectivity index (χ4v) is 2.01. The normalized spacial score (nSPS) is 18.9. The van der Waals surface area contributed by atoms with E-state index in [1.807, 2.05) is 19.2 Å². The van der Waals surface area contributed by atoms with Crippen molar-refractivity contribution in [2.75, 3.05) is 18.0 Å². The van der Waals surface area contributed by atoms with E-state index in [0.717, 1.165) is 18.9 Å². The van der Waals surface area contributed by atoms with Crippen LogP contribution in [0.25, 0.3) is 0 Å². The molecule has 82 valence electrons. The Morgan fingerprint density at radius 1 is 1.33 bits per heavy atom. The predicted octanol–water partition coefficient (Wildman–Crippen LogP) is 2.09. The van der Waals surface area contributed by atoms with Crippen LogP contribution in [0.3, 0.4) is 0 Å². The highest BCUT2D eigenvalue weighted by atomic mass is 15.2. The van der Waals surface area contributed by atoms with Crippen molar-refractivity contribution in [1.29, 1.82) is 0 Å².